The Kier molecular flexibility index (Phi) is 6.35. The molecule has 0 saturated carbocycles. The minimum Gasteiger partial charge on any atom is -0.497 e. The molecule has 1 aromatic carbocycles. The highest BCUT2D eigenvalue weighted by Gasteiger charge is 2.20. The highest BCUT2D eigenvalue weighted by atomic mass is 35.5. The Labute approximate surface area is 150 Å². The van der Waals surface area contributed by atoms with Crippen LogP contribution in [0.25, 0.3) is 0 Å². The van der Waals surface area contributed by atoms with Crippen LogP contribution in [-0.2, 0) is 4.79 Å². The molecule has 9 heteroatoms. The molecule has 0 saturated heterocycles. The molecule has 25 heavy (non-hydrogen) atoms. The summed E-state index contributed by atoms with van der Waals surface area (Å²) in [6.07, 6.45) is 0.410. The van der Waals surface area contributed by atoms with Gasteiger partial charge >= 0.3 is 12.0 Å². The van der Waals surface area contributed by atoms with E-state index < -0.39 is 12.0 Å². The fourth-order valence-electron chi connectivity index (χ4n) is 2.04. The van der Waals surface area contributed by atoms with E-state index in [4.69, 9.17) is 21.1 Å². The lowest BCUT2D eigenvalue weighted by atomic mass is 10.0. The predicted octanol–water partition coefficient (Wildman–Crippen LogP) is 3.24. The average molecular weight is 367 g/mol. The second-order valence-electron chi connectivity index (χ2n) is 5.65. The van der Waals surface area contributed by atoms with Crippen molar-refractivity contribution in [3.63, 3.8) is 0 Å². The first-order valence-corrected chi connectivity index (χ1v) is 7.98. The molecular weight excluding hydrogens is 348 g/mol. The first-order valence-electron chi connectivity index (χ1n) is 7.60. The standard InChI is InChI=1S/C16H19ClN4O4/c1-9(2)8-12(13(22)23)18-15-19-14(17)20-16(21-15)25-11-6-4-10(24-3)5-7-11/h4-7,9,12H,8H2,1-3H3,(H,22,23)(H,18,19,20,21)/t12-/m0/s1. The van der Waals surface area contributed by atoms with Crippen molar-refractivity contribution in [3.8, 4) is 17.5 Å². The SMILES string of the molecule is COc1ccc(Oc2nc(Cl)nc(N[C@@H](CC(C)C)C(=O)O)n2)cc1. The third-order valence-corrected chi connectivity index (χ3v) is 3.33. The van der Waals surface area contributed by atoms with E-state index in [-0.39, 0.29) is 23.2 Å². The van der Waals surface area contributed by atoms with Crippen LogP contribution in [0.5, 0.6) is 17.5 Å². The van der Waals surface area contributed by atoms with Crippen molar-refractivity contribution in [2.24, 2.45) is 5.92 Å². The molecule has 0 fully saturated rings. The summed E-state index contributed by atoms with van der Waals surface area (Å²) < 4.78 is 10.6. The van der Waals surface area contributed by atoms with Crippen LogP contribution in [0.15, 0.2) is 24.3 Å². The molecule has 0 amide bonds. The molecule has 0 aliphatic carbocycles. The van der Waals surface area contributed by atoms with Gasteiger partial charge in [0.2, 0.25) is 11.2 Å². The molecule has 0 spiro atoms. The smallest absolute Gasteiger partial charge is 0.328 e. The molecule has 2 N–H and O–H groups in total. The van der Waals surface area contributed by atoms with Gasteiger partial charge < -0.3 is 19.9 Å². The van der Waals surface area contributed by atoms with Gasteiger partial charge in [0.15, 0.2) is 0 Å². The quantitative estimate of drug-likeness (QED) is 0.733. The molecule has 1 atom stereocenters. The zero-order valence-corrected chi connectivity index (χ0v) is 14.8. The Morgan fingerprint density at radius 2 is 1.84 bits per heavy atom. The number of carboxylic acid groups (broad SMARTS) is 1. The van der Waals surface area contributed by atoms with Crippen LogP contribution in [0.4, 0.5) is 5.95 Å². The minimum atomic E-state index is -0.997. The molecule has 0 bridgehead atoms. The number of ether oxygens (including phenoxy) is 2. The Bertz CT molecular complexity index is 725. The largest absolute Gasteiger partial charge is 0.497 e. The van der Waals surface area contributed by atoms with Gasteiger partial charge in [-0.3, -0.25) is 0 Å². The molecule has 0 radical (unpaired) electrons. The van der Waals surface area contributed by atoms with Gasteiger partial charge in [-0.25, -0.2) is 4.79 Å². The second-order valence-corrected chi connectivity index (χ2v) is 5.99. The number of benzene rings is 1. The topological polar surface area (TPSA) is 106 Å². The van der Waals surface area contributed by atoms with E-state index >= 15 is 0 Å². The second kappa shape index (κ2) is 8.48. The summed E-state index contributed by atoms with van der Waals surface area (Å²) in [4.78, 5) is 23.2. The predicted molar refractivity (Wildman–Crippen MR) is 92.4 cm³/mol. The number of aliphatic carboxylic acids is 1. The summed E-state index contributed by atoms with van der Waals surface area (Å²) in [5, 5.41) is 11.9. The van der Waals surface area contributed by atoms with Crippen molar-refractivity contribution < 1.29 is 19.4 Å². The molecular formula is C16H19ClN4O4. The van der Waals surface area contributed by atoms with E-state index in [2.05, 4.69) is 20.3 Å². The van der Waals surface area contributed by atoms with E-state index in [1.54, 1.807) is 31.4 Å². The Morgan fingerprint density at radius 1 is 1.20 bits per heavy atom. The molecule has 8 nitrogen and oxygen atoms in total. The average Bonchev–Trinajstić information content (AvgIpc) is 2.54. The maximum absolute atomic E-state index is 11.4. The lowest BCUT2D eigenvalue weighted by Crippen LogP contribution is -2.31. The monoisotopic (exact) mass is 366 g/mol. The van der Waals surface area contributed by atoms with Crippen molar-refractivity contribution in [3.05, 3.63) is 29.5 Å². The summed E-state index contributed by atoms with van der Waals surface area (Å²) in [7, 11) is 1.57. The van der Waals surface area contributed by atoms with E-state index in [9.17, 15) is 9.90 Å². The van der Waals surface area contributed by atoms with Gasteiger partial charge in [0.1, 0.15) is 17.5 Å². The van der Waals surface area contributed by atoms with Gasteiger partial charge in [0, 0.05) is 0 Å². The Balaban J connectivity index is 2.16. The van der Waals surface area contributed by atoms with E-state index in [0.29, 0.717) is 17.9 Å². The summed E-state index contributed by atoms with van der Waals surface area (Å²) >= 11 is 5.88. The molecule has 134 valence electrons. The number of nitrogens with one attached hydrogen (secondary N) is 1. The first kappa shape index (κ1) is 18.7. The van der Waals surface area contributed by atoms with Crippen LogP contribution in [-0.4, -0.2) is 39.2 Å². The van der Waals surface area contributed by atoms with Crippen molar-refractivity contribution in [1.82, 2.24) is 15.0 Å². The summed E-state index contributed by atoms with van der Waals surface area (Å²) in [6.45, 7) is 3.85. The van der Waals surface area contributed by atoms with Gasteiger partial charge in [-0.1, -0.05) is 13.8 Å². The Morgan fingerprint density at radius 3 is 2.40 bits per heavy atom. The number of aromatic nitrogens is 3. The summed E-state index contributed by atoms with van der Waals surface area (Å²) in [5.41, 5.74) is 0. The number of halogens is 1. The van der Waals surface area contributed by atoms with Crippen LogP contribution in [0, 0.1) is 5.92 Å². The minimum absolute atomic E-state index is 0.0385. The van der Waals surface area contributed by atoms with Crippen molar-refractivity contribution in [1.29, 1.82) is 0 Å². The third-order valence-electron chi connectivity index (χ3n) is 3.16. The van der Waals surface area contributed by atoms with Crippen LogP contribution >= 0.6 is 11.6 Å². The fraction of sp³-hybridized carbons (Fsp3) is 0.375. The lowest BCUT2D eigenvalue weighted by Gasteiger charge is -2.16. The fourth-order valence-corrected chi connectivity index (χ4v) is 2.19. The van der Waals surface area contributed by atoms with Crippen LogP contribution in [0.1, 0.15) is 20.3 Å². The maximum Gasteiger partial charge on any atom is 0.328 e. The van der Waals surface area contributed by atoms with Gasteiger partial charge in [-0.05, 0) is 48.2 Å². The molecule has 1 heterocycles. The normalized spacial score (nSPS) is 11.9. The van der Waals surface area contributed by atoms with E-state index in [0.717, 1.165) is 0 Å². The van der Waals surface area contributed by atoms with Crippen LogP contribution < -0.4 is 14.8 Å². The first-order chi connectivity index (χ1) is 11.9. The number of methoxy groups -OCH3 is 1. The molecule has 0 aliphatic rings. The molecule has 2 aromatic rings. The molecule has 2 rings (SSSR count). The molecule has 0 aliphatic heterocycles. The number of hydrogen-bond acceptors (Lipinski definition) is 7. The van der Waals surface area contributed by atoms with Crippen molar-refractivity contribution in [2.45, 2.75) is 26.3 Å². The highest BCUT2D eigenvalue weighted by molar-refractivity contribution is 6.28. The molecule has 0 unspecified atom stereocenters. The van der Waals surface area contributed by atoms with Gasteiger partial charge in [0.25, 0.3) is 0 Å². The zero-order valence-electron chi connectivity index (χ0n) is 14.1. The third kappa shape index (κ3) is 5.75. The lowest BCUT2D eigenvalue weighted by molar-refractivity contribution is -0.138. The number of rotatable bonds is 8. The number of carbonyl (C=O) groups is 1. The number of anilines is 1. The van der Waals surface area contributed by atoms with Crippen LogP contribution in [0.2, 0.25) is 5.28 Å². The van der Waals surface area contributed by atoms with E-state index in [1.807, 2.05) is 13.8 Å². The number of nitrogens with zero attached hydrogens (tertiary/aromatic N) is 3. The van der Waals surface area contributed by atoms with Crippen molar-refractivity contribution >= 4 is 23.5 Å². The van der Waals surface area contributed by atoms with Crippen molar-refractivity contribution in [2.75, 3.05) is 12.4 Å². The summed E-state index contributed by atoms with van der Waals surface area (Å²) in [5.74, 6) is 0.382. The Hall–Kier alpha value is -2.61. The highest BCUT2D eigenvalue weighted by Crippen LogP contribution is 2.23. The van der Waals surface area contributed by atoms with E-state index in [1.165, 1.54) is 0 Å². The van der Waals surface area contributed by atoms with Gasteiger partial charge in [-0.15, -0.1) is 0 Å². The number of hydrogen-bond donors (Lipinski definition) is 2. The molecule has 1 aromatic heterocycles. The van der Waals surface area contributed by atoms with Gasteiger partial charge in [-0.2, -0.15) is 15.0 Å². The van der Waals surface area contributed by atoms with Crippen LogP contribution in [0.3, 0.4) is 0 Å². The number of carboxylic acids is 1. The summed E-state index contributed by atoms with van der Waals surface area (Å²) in [6, 6.07) is 5.93. The van der Waals surface area contributed by atoms with Gasteiger partial charge in [0.05, 0.1) is 7.11 Å². The maximum atomic E-state index is 11.4. The zero-order chi connectivity index (χ0) is 18.4.